The molecule has 0 saturated carbocycles. The normalized spacial score (nSPS) is 10.8. The average molecular weight is 287 g/mol. The Morgan fingerprint density at radius 1 is 1.00 bits per heavy atom. The molecule has 0 fully saturated rings. The van der Waals surface area contributed by atoms with Crippen LogP contribution in [0.15, 0.2) is 64.5 Å². The van der Waals surface area contributed by atoms with E-state index in [-0.39, 0.29) is 0 Å². The maximum atomic E-state index is 5.89. The van der Waals surface area contributed by atoms with E-state index in [1.54, 1.807) is 18.0 Å². The maximum absolute atomic E-state index is 5.89. The molecular weight excluding hydrogens is 276 g/mol. The maximum Gasteiger partial charge on any atom is 0.0733 e. The quantitative estimate of drug-likeness (QED) is 0.699. The van der Waals surface area contributed by atoms with Crippen molar-refractivity contribution in [3.63, 3.8) is 0 Å². The van der Waals surface area contributed by atoms with Crippen LogP contribution >= 0.6 is 23.4 Å². The molecule has 0 amide bonds. The molecule has 1 aromatic heterocycles. The highest BCUT2D eigenvalue weighted by Gasteiger charge is 2.04. The number of anilines is 1. The number of aromatic nitrogens is 1. The standard InChI is InChI=1S/C15H11ClN2S/c16-10-1-4-12(5-2-10)19-15-7-8-18-14-9-11(17)3-6-13(14)15/h1-9H,17H2. The molecule has 2 N–H and O–H groups in total. The molecule has 2 aromatic carbocycles. The summed E-state index contributed by atoms with van der Waals surface area (Å²) in [6.07, 6.45) is 1.81. The van der Waals surface area contributed by atoms with Gasteiger partial charge in [-0.3, -0.25) is 4.98 Å². The second kappa shape index (κ2) is 5.11. The van der Waals surface area contributed by atoms with Crippen molar-refractivity contribution in [3.05, 3.63) is 59.8 Å². The van der Waals surface area contributed by atoms with E-state index in [9.17, 15) is 0 Å². The van der Waals surface area contributed by atoms with Crippen LogP contribution in [0.25, 0.3) is 10.9 Å². The van der Waals surface area contributed by atoms with E-state index in [1.807, 2.05) is 48.5 Å². The lowest BCUT2D eigenvalue weighted by Gasteiger charge is -2.06. The van der Waals surface area contributed by atoms with Gasteiger partial charge in [0, 0.05) is 32.1 Å². The number of hydrogen-bond acceptors (Lipinski definition) is 3. The van der Waals surface area contributed by atoms with E-state index in [0.29, 0.717) is 0 Å². The van der Waals surface area contributed by atoms with E-state index < -0.39 is 0 Å². The Hall–Kier alpha value is -1.71. The lowest BCUT2D eigenvalue weighted by Crippen LogP contribution is -1.87. The van der Waals surface area contributed by atoms with Gasteiger partial charge in [0.25, 0.3) is 0 Å². The summed E-state index contributed by atoms with van der Waals surface area (Å²) < 4.78 is 0. The van der Waals surface area contributed by atoms with Crippen molar-refractivity contribution in [2.45, 2.75) is 9.79 Å². The predicted molar refractivity (Wildman–Crippen MR) is 81.7 cm³/mol. The molecule has 4 heteroatoms. The Bertz CT molecular complexity index is 726. The molecule has 0 aliphatic heterocycles. The first-order valence-electron chi connectivity index (χ1n) is 5.80. The van der Waals surface area contributed by atoms with E-state index in [2.05, 4.69) is 4.98 Å². The summed E-state index contributed by atoms with van der Waals surface area (Å²) >= 11 is 7.59. The molecule has 0 atom stereocenters. The van der Waals surface area contributed by atoms with Gasteiger partial charge in [0.1, 0.15) is 0 Å². The van der Waals surface area contributed by atoms with Crippen LogP contribution in [0.5, 0.6) is 0 Å². The molecule has 94 valence electrons. The number of halogens is 1. The van der Waals surface area contributed by atoms with Crippen molar-refractivity contribution >= 4 is 40.0 Å². The summed E-state index contributed by atoms with van der Waals surface area (Å²) in [6, 6.07) is 15.6. The number of hydrogen-bond donors (Lipinski definition) is 1. The van der Waals surface area contributed by atoms with Crippen LogP contribution in [0.2, 0.25) is 5.02 Å². The highest BCUT2D eigenvalue weighted by atomic mass is 35.5. The van der Waals surface area contributed by atoms with Crippen LogP contribution in [-0.2, 0) is 0 Å². The number of benzene rings is 2. The highest BCUT2D eigenvalue weighted by molar-refractivity contribution is 7.99. The number of nitrogen functional groups attached to an aromatic ring is 1. The molecular formula is C15H11ClN2S. The van der Waals surface area contributed by atoms with E-state index in [1.165, 1.54) is 0 Å². The minimum Gasteiger partial charge on any atom is -0.399 e. The van der Waals surface area contributed by atoms with Gasteiger partial charge in [-0.25, -0.2) is 0 Å². The zero-order chi connectivity index (χ0) is 13.2. The Kier molecular flexibility index (Phi) is 3.32. The molecule has 0 saturated heterocycles. The molecule has 3 rings (SSSR count). The largest absolute Gasteiger partial charge is 0.399 e. The zero-order valence-corrected chi connectivity index (χ0v) is 11.6. The molecule has 2 nitrogen and oxygen atoms in total. The molecule has 0 aliphatic carbocycles. The lowest BCUT2D eigenvalue weighted by atomic mass is 10.2. The summed E-state index contributed by atoms with van der Waals surface area (Å²) in [5.74, 6) is 0. The first kappa shape index (κ1) is 12.3. The molecule has 3 aromatic rings. The smallest absolute Gasteiger partial charge is 0.0733 e. The Balaban J connectivity index is 2.03. The highest BCUT2D eigenvalue weighted by Crippen LogP contribution is 2.33. The fourth-order valence-corrected chi connectivity index (χ4v) is 2.92. The van der Waals surface area contributed by atoms with Crippen molar-refractivity contribution in [3.8, 4) is 0 Å². The molecule has 0 unspecified atom stereocenters. The topological polar surface area (TPSA) is 38.9 Å². The van der Waals surface area contributed by atoms with Crippen LogP contribution in [0.1, 0.15) is 0 Å². The molecule has 0 spiro atoms. The van der Waals surface area contributed by atoms with E-state index >= 15 is 0 Å². The number of rotatable bonds is 2. The number of pyridine rings is 1. The predicted octanol–water partition coefficient (Wildman–Crippen LogP) is 4.62. The summed E-state index contributed by atoms with van der Waals surface area (Å²) in [5, 5.41) is 1.85. The lowest BCUT2D eigenvalue weighted by molar-refractivity contribution is 1.34. The minimum absolute atomic E-state index is 0.730. The third-order valence-corrected chi connectivity index (χ3v) is 4.10. The molecule has 1 heterocycles. The van der Waals surface area contributed by atoms with Crippen molar-refractivity contribution in [2.75, 3.05) is 5.73 Å². The Morgan fingerprint density at radius 3 is 2.58 bits per heavy atom. The fraction of sp³-hybridized carbons (Fsp3) is 0. The summed E-state index contributed by atoms with van der Waals surface area (Å²) in [7, 11) is 0. The van der Waals surface area contributed by atoms with Crippen LogP contribution in [0, 0.1) is 0 Å². The second-order valence-corrected chi connectivity index (χ2v) is 5.69. The second-order valence-electron chi connectivity index (χ2n) is 4.14. The molecule has 0 bridgehead atoms. The van der Waals surface area contributed by atoms with Crippen molar-refractivity contribution < 1.29 is 0 Å². The molecule has 0 radical (unpaired) electrons. The Morgan fingerprint density at radius 2 is 1.79 bits per heavy atom. The van der Waals surface area contributed by atoms with Crippen LogP contribution in [0.4, 0.5) is 5.69 Å². The van der Waals surface area contributed by atoms with E-state index in [0.717, 1.165) is 31.4 Å². The average Bonchev–Trinajstić information content (AvgIpc) is 2.41. The number of fused-ring (bicyclic) bond motifs is 1. The number of nitrogens with zero attached hydrogens (tertiary/aromatic N) is 1. The van der Waals surface area contributed by atoms with Gasteiger partial charge in [0.2, 0.25) is 0 Å². The van der Waals surface area contributed by atoms with Gasteiger partial charge in [0.05, 0.1) is 5.52 Å². The van der Waals surface area contributed by atoms with Gasteiger partial charge in [0.15, 0.2) is 0 Å². The van der Waals surface area contributed by atoms with Crippen LogP contribution in [-0.4, -0.2) is 4.98 Å². The van der Waals surface area contributed by atoms with Crippen molar-refractivity contribution in [1.29, 1.82) is 0 Å². The molecule has 19 heavy (non-hydrogen) atoms. The molecule has 0 aliphatic rings. The first-order valence-corrected chi connectivity index (χ1v) is 6.99. The van der Waals surface area contributed by atoms with Crippen LogP contribution < -0.4 is 5.73 Å². The van der Waals surface area contributed by atoms with Crippen LogP contribution in [0.3, 0.4) is 0 Å². The SMILES string of the molecule is Nc1ccc2c(Sc3ccc(Cl)cc3)ccnc2c1. The summed E-state index contributed by atoms with van der Waals surface area (Å²) in [4.78, 5) is 6.65. The van der Waals surface area contributed by atoms with Gasteiger partial charge in [-0.15, -0.1) is 0 Å². The Labute approximate surface area is 120 Å². The van der Waals surface area contributed by atoms with Gasteiger partial charge >= 0.3 is 0 Å². The number of nitrogens with two attached hydrogens (primary N) is 1. The summed E-state index contributed by atoms with van der Waals surface area (Å²) in [5.41, 5.74) is 7.43. The van der Waals surface area contributed by atoms with Gasteiger partial charge < -0.3 is 5.73 Å². The first-order chi connectivity index (χ1) is 9.22. The third-order valence-electron chi connectivity index (χ3n) is 2.77. The zero-order valence-electron chi connectivity index (χ0n) is 10.0. The van der Waals surface area contributed by atoms with E-state index in [4.69, 9.17) is 17.3 Å². The van der Waals surface area contributed by atoms with Gasteiger partial charge in [-0.05, 0) is 48.5 Å². The van der Waals surface area contributed by atoms with Crippen molar-refractivity contribution in [1.82, 2.24) is 4.98 Å². The van der Waals surface area contributed by atoms with Gasteiger partial charge in [-0.1, -0.05) is 23.4 Å². The summed E-state index contributed by atoms with van der Waals surface area (Å²) in [6.45, 7) is 0. The monoisotopic (exact) mass is 286 g/mol. The fourth-order valence-electron chi connectivity index (χ4n) is 1.86. The minimum atomic E-state index is 0.730. The third kappa shape index (κ3) is 2.67. The van der Waals surface area contributed by atoms with Gasteiger partial charge in [-0.2, -0.15) is 0 Å². The van der Waals surface area contributed by atoms with Crippen molar-refractivity contribution in [2.24, 2.45) is 0 Å².